The van der Waals surface area contributed by atoms with Crippen molar-refractivity contribution in [1.82, 2.24) is 35.1 Å². The first-order valence-electron chi connectivity index (χ1n) is 12.2. The number of fused-ring (bicyclic) bond motifs is 1. The van der Waals surface area contributed by atoms with Crippen LogP contribution < -0.4 is 5.56 Å². The number of aryl methyl sites for hydroxylation is 1. The van der Waals surface area contributed by atoms with Crippen LogP contribution in [-0.4, -0.2) is 35.1 Å². The van der Waals surface area contributed by atoms with Crippen LogP contribution in [0.1, 0.15) is 69.6 Å². The number of nitrogens with zero attached hydrogens (tertiary/aromatic N) is 6. The summed E-state index contributed by atoms with van der Waals surface area (Å²) in [5, 5.41) is 14.0. The van der Waals surface area contributed by atoms with Crippen molar-refractivity contribution in [2.24, 2.45) is 5.92 Å². The number of nitrogens with one attached hydrogen (secondary N) is 1. The molecule has 35 heavy (non-hydrogen) atoms. The van der Waals surface area contributed by atoms with Crippen LogP contribution in [0.2, 0.25) is 0 Å². The summed E-state index contributed by atoms with van der Waals surface area (Å²) in [6.45, 7) is 13.9. The van der Waals surface area contributed by atoms with Crippen LogP contribution in [-0.2, 0) is 18.6 Å². The summed E-state index contributed by atoms with van der Waals surface area (Å²) in [6, 6.07) is 12.0. The molecular formula is C27H35N7O. The van der Waals surface area contributed by atoms with Gasteiger partial charge in [-0.1, -0.05) is 38.5 Å². The van der Waals surface area contributed by atoms with Crippen LogP contribution in [0.25, 0.3) is 10.9 Å². The minimum atomic E-state index is -0.232. The third-order valence-electron chi connectivity index (χ3n) is 6.78. The molecule has 1 atom stereocenters. The Morgan fingerprint density at radius 2 is 1.94 bits per heavy atom. The van der Waals surface area contributed by atoms with E-state index in [1.807, 2.05) is 35.1 Å². The number of aromatic amines is 1. The summed E-state index contributed by atoms with van der Waals surface area (Å²) in [5.74, 6) is 1.01. The van der Waals surface area contributed by atoms with Crippen molar-refractivity contribution in [3.63, 3.8) is 0 Å². The molecule has 0 bridgehead atoms. The molecule has 1 N–H and O–H groups in total. The molecule has 0 unspecified atom stereocenters. The van der Waals surface area contributed by atoms with E-state index in [-0.39, 0.29) is 23.1 Å². The van der Waals surface area contributed by atoms with Crippen molar-refractivity contribution in [1.29, 1.82) is 0 Å². The molecule has 0 saturated heterocycles. The molecule has 0 saturated carbocycles. The summed E-state index contributed by atoms with van der Waals surface area (Å²) in [4.78, 5) is 22.8. The van der Waals surface area contributed by atoms with E-state index in [0.717, 1.165) is 34.3 Å². The molecule has 0 aliphatic heterocycles. The molecule has 0 aliphatic carbocycles. The van der Waals surface area contributed by atoms with Gasteiger partial charge in [0.25, 0.3) is 5.56 Å². The Bertz CT molecular complexity index is 1340. The van der Waals surface area contributed by atoms with Gasteiger partial charge in [-0.15, -0.1) is 5.10 Å². The summed E-state index contributed by atoms with van der Waals surface area (Å²) in [7, 11) is 0. The van der Waals surface area contributed by atoms with E-state index in [9.17, 15) is 4.79 Å². The van der Waals surface area contributed by atoms with E-state index in [1.54, 1.807) is 6.20 Å². The third-order valence-corrected chi connectivity index (χ3v) is 6.78. The smallest absolute Gasteiger partial charge is 0.252 e. The van der Waals surface area contributed by atoms with Gasteiger partial charge in [0.2, 0.25) is 0 Å². The van der Waals surface area contributed by atoms with Gasteiger partial charge in [-0.05, 0) is 78.8 Å². The predicted molar refractivity (Wildman–Crippen MR) is 138 cm³/mol. The second-order valence-electron chi connectivity index (χ2n) is 10.3. The summed E-state index contributed by atoms with van der Waals surface area (Å²) in [6.07, 6.45) is 4.54. The zero-order chi connectivity index (χ0) is 25.2. The van der Waals surface area contributed by atoms with Gasteiger partial charge < -0.3 is 4.98 Å². The number of pyridine rings is 2. The van der Waals surface area contributed by atoms with Gasteiger partial charge in [0.1, 0.15) is 0 Å². The van der Waals surface area contributed by atoms with Crippen molar-refractivity contribution in [2.45, 2.75) is 72.6 Å². The Hall–Kier alpha value is -3.39. The SMILES string of the molecule is CCC(C)(C)n1nnnc1[C@H](C(C)C)N(Cc1cccnc1)Cc1cc2cc(C)ccc2[nH]c1=O. The molecule has 8 nitrogen and oxygen atoms in total. The monoisotopic (exact) mass is 473 g/mol. The average molecular weight is 474 g/mol. The molecule has 184 valence electrons. The number of H-pyrrole nitrogens is 1. The standard InChI is InChI=1S/C27H35N7O/c1-7-27(5,6)34-25(30-31-32-34)24(18(2)3)33(16-20-9-8-12-28-15-20)17-22-14-21-13-19(4)10-11-23(21)29-26(22)35/h8-15,18,24H,7,16-17H2,1-6H3,(H,29,35)/t24-/m0/s1. The number of benzene rings is 1. The van der Waals surface area contributed by atoms with Gasteiger partial charge in [0, 0.05) is 36.6 Å². The fraction of sp³-hybridized carbons (Fsp3) is 0.444. The van der Waals surface area contributed by atoms with Crippen molar-refractivity contribution in [3.05, 3.63) is 81.7 Å². The highest BCUT2D eigenvalue weighted by Gasteiger charge is 2.33. The molecule has 3 heterocycles. The lowest BCUT2D eigenvalue weighted by Gasteiger charge is -2.35. The Kier molecular flexibility index (Phi) is 7.12. The number of hydrogen-bond donors (Lipinski definition) is 1. The number of aromatic nitrogens is 6. The van der Waals surface area contributed by atoms with E-state index in [2.05, 4.69) is 84.1 Å². The predicted octanol–water partition coefficient (Wildman–Crippen LogP) is 4.76. The van der Waals surface area contributed by atoms with E-state index in [1.165, 1.54) is 0 Å². The first-order chi connectivity index (χ1) is 16.7. The van der Waals surface area contributed by atoms with Crippen LogP contribution in [0, 0.1) is 12.8 Å². The Balaban J connectivity index is 1.81. The molecule has 0 fully saturated rings. The highest BCUT2D eigenvalue weighted by molar-refractivity contribution is 5.79. The Labute approximate surface area is 206 Å². The van der Waals surface area contributed by atoms with Gasteiger partial charge in [0.05, 0.1) is 11.6 Å². The minimum absolute atomic E-state index is 0.0754. The van der Waals surface area contributed by atoms with Crippen LogP contribution in [0.3, 0.4) is 0 Å². The lowest BCUT2D eigenvalue weighted by Crippen LogP contribution is -2.38. The molecule has 4 rings (SSSR count). The molecule has 4 aromatic rings. The van der Waals surface area contributed by atoms with Crippen molar-refractivity contribution in [2.75, 3.05) is 0 Å². The van der Waals surface area contributed by atoms with Crippen LogP contribution in [0.5, 0.6) is 0 Å². The largest absolute Gasteiger partial charge is 0.322 e. The van der Waals surface area contributed by atoms with E-state index in [4.69, 9.17) is 0 Å². The highest BCUT2D eigenvalue weighted by Crippen LogP contribution is 2.33. The number of rotatable bonds is 9. The number of tetrazole rings is 1. The fourth-order valence-electron chi connectivity index (χ4n) is 4.53. The summed E-state index contributed by atoms with van der Waals surface area (Å²) in [5.41, 5.74) is 3.48. The molecule has 0 spiro atoms. The highest BCUT2D eigenvalue weighted by atomic mass is 16.1. The maximum Gasteiger partial charge on any atom is 0.252 e. The molecule has 0 amide bonds. The normalized spacial score (nSPS) is 13.1. The maximum atomic E-state index is 13.1. The second-order valence-corrected chi connectivity index (χ2v) is 10.3. The fourth-order valence-corrected chi connectivity index (χ4v) is 4.53. The first kappa shape index (κ1) is 24.7. The topological polar surface area (TPSA) is 92.6 Å². The van der Waals surface area contributed by atoms with Gasteiger partial charge >= 0.3 is 0 Å². The number of hydrogen-bond acceptors (Lipinski definition) is 6. The quantitative estimate of drug-likeness (QED) is 0.377. The molecule has 0 aliphatic rings. The molecule has 0 radical (unpaired) electrons. The zero-order valence-corrected chi connectivity index (χ0v) is 21.5. The summed E-state index contributed by atoms with van der Waals surface area (Å²) >= 11 is 0. The molecule has 8 heteroatoms. The summed E-state index contributed by atoms with van der Waals surface area (Å²) < 4.78 is 1.95. The Morgan fingerprint density at radius 3 is 2.63 bits per heavy atom. The lowest BCUT2D eigenvalue weighted by atomic mass is 9.97. The minimum Gasteiger partial charge on any atom is -0.322 e. The molecular weight excluding hydrogens is 438 g/mol. The Morgan fingerprint density at radius 1 is 1.14 bits per heavy atom. The van der Waals surface area contributed by atoms with Crippen LogP contribution >= 0.6 is 0 Å². The molecule has 1 aromatic carbocycles. The lowest BCUT2D eigenvalue weighted by molar-refractivity contribution is 0.117. The van der Waals surface area contributed by atoms with Gasteiger partial charge in [-0.3, -0.25) is 14.7 Å². The van der Waals surface area contributed by atoms with Crippen LogP contribution in [0.15, 0.2) is 53.6 Å². The van der Waals surface area contributed by atoms with E-state index in [0.29, 0.717) is 18.7 Å². The zero-order valence-electron chi connectivity index (χ0n) is 21.5. The van der Waals surface area contributed by atoms with Crippen molar-refractivity contribution in [3.8, 4) is 0 Å². The maximum absolute atomic E-state index is 13.1. The van der Waals surface area contributed by atoms with Gasteiger partial charge in [-0.25, -0.2) is 4.68 Å². The van der Waals surface area contributed by atoms with Crippen LogP contribution in [0.4, 0.5) is 0 Å². The van der Waals surface area contributed by atoms with Crippen molar-refractivity contribution >= 4 is 10.9 Å². The first-order valence-corrected chi connectivity index (χ1v) is 12.2. The van der Waals surface area contributed by atoms with E-state index < -0.39 is 0 Å². The molecule has 3 aromatic heterocycles. The average Bonchev–Trinajstić information content (AvgIpc) is 3.30. The third kappa shape index (κ3) is 5.32. The van der Waals surface area contributed by atoms with Crippen molar-refractivity contribution < 1.29 is 0 Å². The van der Waals surface area contributed by atoms with E-state index >= 15 is 0 Å². The van der Waals surface area contributed by atoms with Gasteiger partial charge in [-0.2, -0.15) is 0 Å². The van der Waals surface area contributed by atoms with Gasteiger partial charge in [0.15, 0.2) is 5.82 Å². The second kappa shape index (κ2) is 10.1.